The summed E-state index contributed by atoms with van der Waals surface area (Å²) in [6, 6.07) is 5.80. The molecule has 0 saturated heterocycles. The molecule has 21 heavy (non-hydrogen) atoms. The quantitative estimate of drug-likeness (QED) is 0.866. The fourth-order valence-electron chi connectivity index (χ4n) is 2.86. The van der Waals surface area contributed by atoms with Gasteiger partial charge in [-0.3, -0.25) is 4.79 Å². The van der Waals surface area contributed by atoms with E-state index in [1.807, 2.05) is 31.0 Å². The Kier molecular flexibility index (Phi) is 4.78. The molecule has 0 radical (unpaired) electrons. The SMILES string of the molecule is Cc1cc(/C=C/C(=O)O)cc(C(=O)N(C)C2CCCC2)c1. The average molecular weight is 287 g/mol. The van der Waals surface area contributed by atoms with Crippen molar-refractivity contribution in [2.75, 3.05) is 7.05 Å². The second kappa shape index (κ2) is 6.57. The Morgan fingerprint density at radius 1 is 1.24 bits per heavy atom. The first-order chi connectivity index (χ1) is 9.97. The molecule has 0 atom stereocenters. The standard InChI is InChI=1S/C17H21NO3/c1-12-9-13(7-8-16(19)20)11-14(10-12)17(21)18(2)15-5-3-4-6-15/h7-11,15H,3-6H2,1-2H3,(H,19,20)/b8-7+. The van der Waals surface area contributed by atoms with Gasteiger partial charge in [0.05, 0.1) is 0 Å². The maximum Gasteiger partial charge on any atom is 0.328 e. The van der Waals surface area contributed by atoms with Crippen LogP contribution < -0.4 is 0 Å². The molecule has 1 amide bonds. The number of nitrogens with zero attached hydrogens (tertiary/aromatic N) is 1. The molecular formula is C17H21NO3. The first-order valence-electron chi connectivity index (χ1n) is 7.27. The van der Waals surface area contributed by atoms with Crippen molar-refractivity contribution in [2.24, 2.45) is 0 Å². The van der Waals surface area contributed by atoms with E-state index in [0.29, 0.717) is 11.6 Å². The number of carboxylic acids is 1. The van der Waals surface area contributed by atoms with Gasteiger partial charge in [-0.2, -0.15) is 0 Å². The van der Waals surface area contributed by atoms with Crippen LogP contribution in [0.1, 0.15) is 47.2 Å². The van der Waals surface area contributed by atoms with Gasteiger partial charge in [0.1, 0.15) is 0 Å². The zero-order chi connectivity index (χ0) is 15.4. The van der Waals surface area contributed by atoms with Gasteiger partial charge in [0.25, 0.3) is 5.91 Å². The fourth-order valence-corrected chi connectivity index (χ4v) is 2.86. The van der Waals surface area contributed by atoms with Crippen molar-refractivity contribution in [2.45, 2.75) is 38.6 Å². The van der Waals surface area contributed by atoms with Crippen molar-refractivity contribution < 1.29 is 14.7 Å². The van der Waals surface area contributed by atoms with Crippen LogP contribution in [0.3, 0.4) is 0 Å². The van der Waals surface area contributed by atoms with Gasteiger partial charge >= 0.3 is 5.97 Å². The normalized spacial score (nSPS) is 15.5. The van der Waals surface area contributed by atoms with Crippen LogP contribution in [-0.4, -0.2) is 35.0 Å². The minimum absolute atomic E-state index is 0.00979. The molecule has 112 valence electrons. The van der Waals surface area contributed by atoms with Crippen LogP contribution >= 0.6 is 0 Å². The number of carbonyl (C=O) groups is 2. The summed E-state index contributed by atoms with van der Waals surface area (Å²) in [6.45, 7) is 1.91. The number of aryl methyl sites for hydroxylation is 1. The average Bonchev–Trinajstić information content (AvgIpc) is 2.97. The lowest BCUT2D eigenvalue weighted by molar-refractivity contribution is -0.131. The highest BCUT2D eigenvalue weighted by atomic mass is 16.4. The highest BCUT2D eigenvalue weighted by Gasteiger charge is 2.24. The van der Waals surface area contributed by atoms with E-state index in [-0.39, 0.29) is 5.91 Å². The summed E-state index contributed by atoms with van der Waals surface area (Å²) in [7, 11) is 1.85. The molecule has 0 bridgehead atoms. The van der Waals surface area contributed by atoms with Crippen LogP contribution in [0.25, 0.3) is 6.08 Å². The molecule has 1 aromatic rings. The van der Waals surface area contributed by atoms with Gasteiger partial charge in [0, 0.05) is 24.7 Å². The number of rotatable bonds is 4. The molecule has 0 aromatic heterocycles. The van der Waals surface area contributed by atoms with E-state index in [1.165, 1.54) is 18.9 Å². The van der Waals surface area contributed by atoms with E-state index in [1.54, 1.807) is 6.07 Å². The summed E-state index contributed by atoms with van der Waals surface area (Å²) < 4.78 is 0. The fraction of sp³-hybridized carbons (Fsp3) is 0.412. The summed E-state index contributed by atoms with van der Waals surface area (Å²) in [4.78, 5) is 25.0. The summed E-state index contributed by atoms with van der Waals surface area (Å²) in [5.41, 5.74) is 2.31. The Morgan fingerprint density at radius 3 is 2.52 bits per heavy atom. The van der Waals surface area contributed by atoms with Gasteiger partial charge in [0.15, 0.2) is 0 Å². The lowest BCUT2D eigenvalue weighted by Crippen LogP contribution is -2.35. The molecule has 0 heterocycles. The molecule has 0 unspecified atom stereocenters. The van der Waals surface area contributed by atoms with Gasteiger partial charge in [-0.1, -0.05) is 18.9 Å². The number of aliphatic carboxylic acids is 1. The van der Waals surface area contributed by atoms with Crippen molar-refractivity contribution in [1.29, 1.82) is 0 Å². The third-order valence-corrected chi connectivity index (χ3v) is 3.96. The molecular weight excluding hydrogens is 266 g/mol. The van der Waals surface area contributed by atoms with E-state index in [2.05, 4.69) is 0 Å². The van der Waals surface area contributed by atoms with Crippen molar-refractivity contribution in [3.63, 3.8) is 0 Å². The maximum absolute atomic E-state index is 12.6. The number of benzene rings is 1. The molecule has 1 saturated carbocycles. The molecule has 0 spiro atoms. The minimum Gasteiger partial charge on any atom is -0.478 e. The first-order valence-corrected chi connectivity index (χ1v) is 7.27. The van der Waals surface area contributed by atoms with Crippen LogP contribution in [0.4, 0.5) is 0 Å². The third-order valence-electron chi connectivity index (χ3n) is 3.96. The van der Waals surface area contributed by atoms with Gasteiger partial charge in [0.2, 0.25) is 0 Å². The molecule has 1 N–H and O–H groups in total. The Hall–Kier alpha value is -2.10. The van der Waals surface area contributed by atoms with E-state index < -0.39 is 5.97 Å². The Balaban J connectivity index is 2.22. The smallest absolute Gasteiger partial charge is 0.328 e. The van der Waals surface area contributed by atoms with Crippen LogP contribution in [0.2, 0.25) is 0 Å². The monoisotopic (exact) mass is 287 g/mol. The van der Waals surface area contributed by atoms with Crippen LogP contribution in [-0.2, 0) is 4.79 Å². The largest absolute Gasteiger partial charge is 0.478 e. The molecule has 1 aliphatic rings. The first kappa shape index (κ1) is 15.3. The second-order valence-electron chi connectivity index (χ2n) is 5.66. The summed E-state index contributed by atoms with van der Waals surface area (Å²) in [5.74, 6) is -0.983. The van der Waals surface area contributed by atoms with Crippen LogP contribution in [0.5, 0.6) is 0 Å². The van der Waals surface area contributed by atoms with E-state index in [4.69, 9.17) is 5.11 Å². The van der Waals surface area contributed by atoms with E-state index >= 15 is 0 Å². The van der Waals surface area contributed by atoms with Crippen molar-refractivity contribution in [1.82, 2.24) is 4.90 Å². The highest BCUT2D eigenvalue weighted by Crippen LogP contribution is 2.24. The van der Waals surface area contributed by atoms with Crippen LogP contribution in [0, 0.1) is 6.92 Å². The molecule has 4 heteroatoms. The lowest BCUT2D eigenvalue weighted by atomic mass is 10.0. The number of hydrogen-bond donors (Lipinski definition) is 1. The summed E-state index contributed by atoms with van der Waals surface area (Å²) in [5, 5.41) is 8.69. The number of hydrogen-bond acceptors (Lipinski definition) is 2. The topological polar surface area (TPSA) is 57.6 Å². The Morgan fingerprint density at radius 2 is 1.90 bits per heavy atom. The van der Waals surface area contributed by atoms with Crippen molar-refractivity contribution in [3.8, 4) is 0 Å². The summed E-state index contributed by atoms with van der Waals surface area (Å²) in [6.07, 6.45) is 7.11. The molecule has 1 aromatic carbocycles. The van der Waals surface area contributed by atoms with Gasteiger partial charge < -0.3 is 10.0 Å². The zero-order valence-corrected chi connectivity index (χ0v) is 12.5. The van der Waals surface area contributed by atoms with E-state index in [9.17, 15) is 9.59 Å². The molecule has 1 aliphatic carbocycles. The predicted molar refractivity (Wildman–Crippen MR) is 82.2 cm³/mol. The van der Waals surface area contributed by atoms with Crippen molar-refractivity contribution >= 4 is 18.0 Å². The Labute approximate surface area is 125 Å². The molecule has 1 fully saturated rings. The molecule has 4 nitrogen and oxygen atoms in total. The number of carboxylic acid groups (broad SMARTS) is 1. The minimum atomic E-state index is -0.993. The van der Waals surface area contributed by atoms with Gasteiger partial charge in [-0.05, 0) is 49.1 Å². The number of carbonyl (C=O) groups excluding carboxylic acids is 1. The lowest BCUT2D eigenvalue weighted by Gasteiger charge is -2.24. The predicted octanol–water partition coefficient (Wildman–Crippen LogP) is 3.11. The maximum atomic E-state index is 12.6. The van der Waals surface area contributed by atoms with E-state index in [0.717, 1.165) is 30.0 Å². The molecule has 2 rings (SSSR count). The summed E-state index contributed by atoms with van der Waals surface area (Å²) >= 11 is 0. The van der Waals surface area contributed by atoms with Gasteiger partial charge in [-0.25, -0.2) is 4.79 Å². The Bertz CT molecular complexity index is 571. The highest BCUT2D eigenvalue weighted by molar-refractivity contribution is 5.95. The second-order valence-corrected chi connectivity index (χ2v) is 5.66. The number of amides is 1. The molecule has 0 aliphatic heterocycles. The third kappa shape index (κ3) is 3.94. The van der Waals surface area contributed by atoms with Crippen LogP contribution in [0.15, 0.2) is 24.3 Å². The zero-order valence-electron chi connectivity index (χ0n) is 12.5. The van der Waals surface area contributed by atoms with Crippen molar-refractivity contribution in [3.05, 3.63) is 41.0 Å². The van der Waals surface area contributed by atoms with Gasteiger partial charge in [-0.15, -0.1) is 0 Å².